The number of hydrogen-bond acceptors (Lipinski definition) is 2. The van der Waals surface area contributed by atoms with Crippen LogP contribution >= 0.6 is 0 Å². The normalized spacial score (nSPS) is 36.3. The molecule has 0 radical (unpaired) electrons. The van der Waals surface area contributed by atoms with Crippen LogP contribution in [0.5, 0.6) is 0 Å². The van der Waals surface area contributed by atoms with Crippen LogP contribution < -0.4 is 0 Å². The molecule has 2 atom stereocenters. The Hall–Kier alpha value is -0.660. The van der Waals surface area contributed by atoms with Crippen LogP contribution in [-0.4, -0.2) is 11.6 Å². The quantitative estimate of drug-likeness (QED) is 0.513. The molecule has 2 nitrogen and oxygen atoms in total. The lowest BCUT2D eigenvalue weighted by Crippen LogP contribution is -2.22. The second kappa shape index (κ2) is 3.00. The van der Waals surface area contributed by atoms with E-state index in [4.69, 9.17) is 0 Å². The average molecular weight is 166 g/mol. The molecule has 2 saturated carbocycles. The van der Waals surface area contributed by atoms with Crippen LogP contribution in [-0.2, 0) is 9.59 Å². The summed E-state index contributed by atoms with van der Waals surface area (Å²) in [7, 11) is 0. The van der Waals surface area contributed by atoms with Crippen LogP contribution in [0.15, 0.2) is 0 Å². The van der Waals surface area contributed by atoms with Gasteiger partial charge in [0, 0.05) is 12.8 Å². The zero-order valence-electron chi connectivity index (χ0n) is 7.21. The third-order valence-electron chi connectivity index (χ3n) is 3.17. The summed E-state index contributed by atoms with van der Waals surface area (Å²) >= 11 is 0. The predicted molar refractivity (Wildman–Crippen MR) is 44.7 cm³/mol. The fourth-order valence-corrected chi connectivity index (χ4v) is 2.53. The highest BCUT2D eigenvalue weighted by atomic mass is 16.2. The molecular formula is C10H14O2. The Kier molecular flexibility index (Phi) is 1.99. The number of rotatable bonds is 0. The van der Waals surface area contributed by atoms with Gasteiger partial charge in [-0.15, -0.1) is 0 Å². The fraction of sp³-hybridized carbons (Fsp3) is 0.800. The summed E-state index contributed by atoms with van der Waals surface area (Å²) in [5.41, 5.74) is 0. The molecule has 0 aromatic heterocycles. The van der Waals surface area contributed by atoms with Gasteiger partial charge in [0.1, 0.15) is 11.6 Å². The molecule has 66 valence electrons. The van der Waals surface area contributed by atoms with E-state index in [-0.39, 0.29) is 17.5 Å². The van der Waals surface area contributed by atoms with Gasteiger partial charge in [-0.05, 0) is 25.2 Å². The maximum Gasteiger partial charge on any atom is 0.143 e. The fourth-order valence-electron chi connectivity index (χ4n) is 2.53. The molecule has 2 heteroatoms. The first kappa shape index (κ1) is 7.96. The van der Waals surface area contributed by atoms with Crippen LogP contribution in [0.25, 0.3) is 0 Å². The van der Waals surface area contributed by atoms with Crippen molar-refractivity contribution in [2.75, 3.05) is 0 Å². The van der Waals surface area contributed by atoms with Crippen molar-refractivity contribution in [2.24, 2.45) is 11.8 Å². The Bertz CT molecular complexity index is 220. The van der Waals surface area contributed by atoms with E-state index < -0.39 is 0 Å². The Morgan fingerprint density at radius 2 is 1.67 bits per heavy atom. The van der Waals surface area contributed by atoms with Gasteiger partial charge in [-0.2, -0.15) is 0 Å². The van der Waals surface area contributed by atoms with Crippen molar-refractivity contribution in [3.8, 4) is 0 Å². The lowest BCUT2D eigenvalue weighted by molar-refractivity contribution is -0.131. The summed E-state index contributed by atoms with van der Waals surface area (Å²) in [5.74, 6) is 0.659. The molecule has 0 heterocycles. The van der Waals surface area contributed by atoms with Crippen LogP contribution in [0.1, 0.15) is 38.5 Å². The van der Waals surface area contributed by atoms with Crippen LogP contribution in [0, 0.1) is 11.8 Å². The number of hydrogen-bond donors (Lipinski definition) is 0. The lowest BCUT2D eigenvalue weighted by atomic mass is 9.90. The Morgan fingerprint density at radius 3 is 2.50 bits per heavy atom. The lowest BCUT2D eigenvalue weighted by Gasteiger charge is -2.11. The minimum absolute atomic E-state index is 0.188. The Labute approximate surface area is 72.3 Å². The molecule has 0 bridgehead atoms. The zero-order valence-corrected chi connectivity index (χ0v) is 7.21. The van der Waals surface area contributed by atoms with Gasteiger partial charge in [-0.1, -0.05) is 6.42 Å². The molecule has 2 aliphatic carbocycles. The highest BCUT2D eigenvalue weighted by Crippen LogP contribution is 2.36. The van der Waals surface area contributed by atoms with Crippen molar-refractivity contribution in [3.05, 3.63) is 0 Å². The molecule has 0 saturated heterocycles. The third-order valence-corrected chi connectivity index (χ3v) is 3.17. The summed E-state index contributed by atoms with van der Waals surface area (Å²) in [5, 5.41) is 0. The van der Waals surface area contributed by atoms with Crippen molar-refractivity contribution in [2.45, 2.75) is 38.5 Å². The number of ketones is 2. The summed E-state index contributed by atoms with van der Waals surface area (Å²) in [6, 6.07) is 0. The summed E-state index contributed by atoms with van der Waals surface area (Å²) < 4.78 is 0. The first-order chi connectivity index (χ1) is 5.79. The van der Waals surface area contributed by atoms with Crippen molar-refractivity contribution in [1.29, 1.82) is 0 Å². The number of fused-ring (bicyclic) bond motifs is 1. The summed E-state index contributed by atoms with van der Waals surface area (Å²) in [6.45, 7) is 0. The molecule has 2 unspecified atom stereocenters. The highest BCUT2D eigenvalue weighted by molar-refractivity contribution is 6.04. The second-order valence-electron chi connectivity index (χ2n) is 3.95. The number of Topliss-reactive ketones (excluding diaryl/α,β-unsaturated/α-hetero) is 2. The predicted octanol–water partition coefficient (Wildman–Crippen LogP) is 1.72. The first-order valence-corrected chi connectivity index (χ1v) is 4.84. The van der Waals surface area contributed by atoms with E-state index in [2.05, 4.69) is 0 Å². The van der Waals surface area contributed by atoms with Crippen molar-refractivity contribution < 1.29 is 9.59 Å². The first-order valence-electron chi connectivity index (χ1n) is 4.84. The summed E-state index contributed by atoms with van der Waals surface area (Å²) in [4.78, 5) is 22.8. The molecule has 0 aromatic carbocycles. The van der Waals surface area contributed by atoms with Gasteiger partial charge in [0.25, 0.3) is 0 Å². The van der Waals surface area contributed by atoms with Gasteiger partial charge in [0.05, 0.1) is 5.92 Å². The van der Waals surface area contributed by atoms with E-state index in [9.17, 15) is 9.59 Å². The maximum atomic E-state index is 11.5. The van der Waals surface area contributed by atoms with Gasteiger partial charge in [-0.25, -0.2) is 0 Å². The molecule has 0 aromatic rings. The molecular weight excluding hydrogens is 152 g/mol. The van der Waals surface area contributed by atoms with E-state index in [1.165, 1.54) is 0 Å². The van der Waals surface area contributed by atoms with E-state index in [0.29, 0.717) is 18.8 Å². The van der Waals surface area contributed by atoms with Crippen LogP contribution in [0.4, 0.5) is 0 Å². The van der Waals surface area contributed by atoms with Gasteiger partial charge >= 0.3 is 0 Å². The van der Waals surface area contributed by atoms with E-state index in [1.807, 2.05) is 0 Å². The molecule has 2 aliphatic rings. The van der Waals surface area contributed by atoms with Crippen molar-refractivity contribution in [1.82, 2.24) is 0 Å². The summed E-state index contributed by atoms with van der Waals surface area (Å²) in [6.07, 6.45) is 5.50. The minimum atomic E-state index is -0.188. The molecule has 12 heavy (non-hydrogen) atoms. The molecule has 2 rings (SSSR count). The largest absolute Gasteiger partial charge is 0.299 e. The third kappa shape index (κ3) is 1.19. The number of carbonyl (C=O) groups excluding carboxylic acids is 2. The zero-order chi connectivity index (χ0) is 8.55. The Morgan fingerprint density at radius 1 is 0.917 bits per heavy atom. The topological polar surface area (TPSA) is 34.1 Å². The van der Waals surface area contributed by atoms with Gasteiger partial charge < -0.3 is 0 Å². The van der Waals surface area contributed by atoms with E-state index in [1.54, 1.807) is 0 Å². The smallest absolute Gasteiger partial charge is 0.143 e. The van der Waals surface area contributed by atoms with Crippen LogP contribution in [0.3, 0.4) is 0 Å². The monoisotopic (exact) mass is 166 g/mol. The molecule has 0 N–H and O–H groups in total. The molecule has 2 fully saturated rings. The van der Waals surface area contributed by atoms with Gasteiger partial charge in [0.2, 0.25) is 0 Å². The second-order valence-corrected chi connectivity index (χ2v) is 3.95. The average Bonchev–Trinajstić information content (AvgIpc) is 2.29. The standard InChI is InChI=1S/C10H14O2/c11-8-4-2-1-3-7-5-6-9(12)10(7)8/h7,10H,1-6H2. The van der Waals surface area contributed by atoms with Crippen molar-refractivity contribution in [3.63, 3.8) is 0 Å². The SMILES string of the molecule is O=C1CCCCC2CCC(=O)C12. The minimum Gasteiger partial charge on any atom is -0.299 e. The van der Waals surface area contributed by atoms with Gasteiger partial charge in [-0.3, -0.25) is 9.59 Å². The number of carbonyl (C=O) groups is 2. The van der Waals surface area contributed by atoms with Gasteiger partial charge in [0.15, 0.2) is 0 Å². The molecule has 0 aliphatic heterocycles. The van der Waals surface area contributed by atoms with Crippen LogP contribution in [0.2, 0.25) is 0 Å². The van der Waals surface area contributed by atoms with E-state index >= 15 is 0 Å². The highest BCUT2D eigenvalue weighted by Gasteiger charge is 2.39. The molecule has 0 spiro atoms. The Balaban J connectivity index is 2.19. The van der Waals surface area contributed by atoms with E-state index in [0.717, 1.165) is 25.7 Å². The van der Waals surface area contributed by atoms with Crippen molar-refractivity contribution >= 4 is 11.6 Å². The molecule has 0 amide bonds. The maximum absolute atomic E-state index is 11.5.